The molecule has 4 nitrogen and oxygen atoms in total. The first-order valence-corrected chi connectivity index (χ1v) is 3.37. The van der Waals surface area contributed by atoms with Gasteiger partial charge in [-0.2, -0.15) is 5.10 Å². The van der Waals surface area contributed by atoms with Gasteiger partial charge in [-0.3, -0.25) is 0 Å². The Morgan fingerprint density at radius 3 is 2.57 bits per heavy atom. The van der Waals surface area contributed by atoms with E-state index < -0.39 is 10.0 Å². The summed E-state index contributed by atoms with van der Waals surface area (Å²) in [5.41, 5.74) is 0. The van der Waals surface area contributed by atoms with Crippen molar-refractivity contribution in [3.8, 4) is 0 Å². The van der Waals surface area contributed by atoms with Crippen molar-refractivity contribution in [1.82, 2.24) is 4.83 Å². The van der Waals surface area contributed by atoms with Crippen LogP contribution in [0.1, 0.15) is 0 Å². The second kappa shape index (κ2) is 1.19. The minimum atomic E-state index is -3.02. The van der Waals surface area contributed by atoms with Crippen molar-refractivity contribution in [3.63, 3.8) is 0 Å². The van der Waals surface area contributed by atoms with Gasteiger partial charge < -0.3 is 0 Å². The molecule has 0 amide bonds. The Morgan fingerprint density at radius 2 is 2.43 bits per heavy atom. The number of sulfonamides is 1. The SMILES string of the molecule is O=S1(=O)CC=NN1. The maximum absolute atomic E-state index is 10.2. The number of hydrogen-bond donors (Lipinski definition) is 1. The van der Waals surface area contributed by atoms with Gasteiger partial charge in [0.15, 0.2) is 0 Å². The molecule has 1 aliphatic heterocycles. The Morgan fingerprint density at radius 1 is 1.71 bits per heavy atom. The molecule has 0 spiro atoms. The number of hydrogen-bond acceptors (Lipinski definition) is 3. The largest absolute Gasteiger partial charge is 0.252 e. The van der Waals surface area contributed by atoms with Crippen LogP contribution in [0.15, 0.2) is 5.10 Å². The van der Waals surface area contributed by atoms with Crippen LogP contribution in [0.5, 0.6) is 0 Å². The highest BCUT2D eigenvalue weighted by Gasteiger charge is 2.09. The molecule has 40 valence electrons. The van der Waals surface area contributed by atoms with Crippen molar-refractivity contribution < 1.29 is 8.42 Å². The van der Waals surface area contributed by atoms with Gasteiger partial charge in [0, 0.05) is 6.21 Å². The van der Waals surface area contributed by atoms with Crippen LogP contribution >= 0.6 is 0 Å². The normalized spacial score (nSPS) is 24.6. The first kappa shape index (κ1) is 4.58. The molecule has 7 heavy (non-hydrogen) atoms. The van der Waals surface area contributed by atoms with Gasteiger partial charge >= 0.3 is 0 Å². The second-order valence-corrected chi connectivity index (χ2v) is 2.93. The standard InChI is InChI=1S/C2H4N2O2S/c5-7(6)2-1-3-4-7/h1,4H,2H2. The van der Waals surface area contributed by atoms with E-state index >= 15 is 0 Å². The predicted octanol–water partition coefficient (Wildman–Crippen LogP) is -1.09. The maximum atomic E-state index is 10.2. The lowest BCUT2D eigenvalue weighted by atomic mass is 10.9. The third kappa shape index (κ3) is 0.894. The zero-order valence-corrected chi connectivity index (χ0v) is 4.27. The summed E-state index contributed by atoms with van der Waals surface area (Å²) < 4.78 is 20.4. The molecule has 0 aromatic heterocycles. The fourth-order valence-electron chi connectivity index (χ4n) is 0.290. The molecule has 1 rings (SSSR count). The van der Waals surface area contributed by atoms with Gasteiger partial charge in [-0.05, 0) is 0 Å². The lowest BCUT2D eigenvalue weighted by Crippen LogP contribution is -2.13. The van der Waals surface area contributed by atoms with E-state index in [0.717, 1.165) is 0 Å². The first-order chi connectivity index (χ1) is 3.21. The molecule has 0 aromatic rings. The van der Waals surface area contributed by atoms with E-state index in [1.165, 1.54) is 6.21 Å². The highest BCUT2D eigenvalue weighted by atomic mass is 32.2. The smallest absolute Gasteiger partial charge is 0.205 e. The topological polar surface area (TPSA) is 58.5 Å². The van der Waals surface area contributed by atoms with Crippen molar-refractivity contribution in [3.05, 3.63) is 0 Å². The van der Waals surface area contributed by atoms with E-state index in [4.69, 9.17) is 0 Å². The van der Waals surface area contributed by atoms with Gasteiger partial charge in [0.1, 0.15) is 5.75 Å². The third-order valence-corrected chi connectivity index (χ3v) is 1.55. The predicted molar refractivity (Wildman–Crippen MR) is 25.4 cm³/mol. The zero-order valence-electron chi connectivity index (χ0n) is 3.46. The fourth-order valence-corrected chi connectivity index (χ4v) is 0.871. The van der Waals surface area contributed by atoms with E-state index in [0.29, 0.717) is 0 Å². The van der Waals surface area contributed by atoms with Crippen LogP contribution in [0.3, 0.4) is 0 Å². The van der Waals surface area contributed by atoms with Crippen LogP contribution in [0.2, 0.25) is 0 Å². The van der Waals surface area contributed by atoms with Gasteiger partial charge in [-0.15, -0.1) is 0 Å². The molecule has 0 aromatic carbocycles. The summed E-state index contributed by atoms with van der Waals surface area (Å²) in [5.74, 6) is 0.0208. The van der Waals surface area contributed by atoms with E-state index in [-0.39, 0.29) is 5.75 Å². The zero-order chi connectivity index (χ0) is 5.33. The molecule has 1 heterocycles. The minimum Gasteiger partial charge on any atom is -0.205 e. The van der Waals surface area contributed by atoms with Crippen molar-refractivity contribution in [1.29, 1.82) is 0 Å². The average molecular weight is 120 g/mol. The van der Waals surface area contributed by atoms with Gasteiger partial charge in [0.25, 0.3) is 10.0 Å². The number of rotatable bonds is 0. The van der Waals surface area contributed by atoms with Gasteiger partial charge in [0.05, 0.1) is 0 Å². The second-order valence-electron chi connectivity index (χ2n) is 1.18. The summed E-state index contributed by atoms with van der Waals surface area (Å²) in [6.45, 7) is 0. The molecule has 0 fully saturated rings. The van der Waals surface area contributed by atoms with Gasteiger partial charge in [0.2, 0.25) is 0 Å². The molecular formula is C2H4N2O2S. The summed E-state index contributed by atoms with van der Waals surface area (Å²) in [6, 6.07) is 0. The summed E-state index contributed by atoms with van der Waals surface area (Å²) >= 11 is 0. The average Bonchev–Trinajstić information content (AvgIpc) is 1.84. The Kier molecular flexibility index (Phi) is 0.780. The van der Waals surface area contributed by atoms with Gasteiger partial charge in [-0.25, -0.2) is 13.2 Å². The Balaban J connectivity index is 2.88. The van der Waals surface area contributed by atoms with Crippen molar-refractivity contribution in [2.75, 3.05) is 5.75 Å². The molecule has 0 atom stereocenters. The third-order valence-electron chi connectivity index (χ3n) is 0.577. The number of hydrazone groups is 1. The Labute approximate surface area is 41.3 Å². The molecule has 0 unspecified atom stereocenters. The van der Waals surface area contributed by atoms with Crippen molar-refractivity contribution in [2.24, 2.45) is 5.10 Å². The Hall–Kier alpha value is -0.580. The van der Waals surface area contributed by atoms with Crippen LogP contribution in [0, 0.1) is 0 Å². The molecule has 1 aliphatic rings. The highest BCUT2D eigenvalue weighted by Crippen LogP contribution is 1.85. The molecule has 0 aliphatic carbocycles. The summed E-state index contributed by atoms with van der Waals surface area (Å²) in [6.07, 6.45) is 1.31. The van der Waals surface area contributed by atoms with E-state index in [9.17, 15) is 8.42 Å². The van der Waals surface area contributed by atoms with E-state index in [2.05, 4.69) is 5.10 Å². The number of nitrogens with zero attached hydrogens (tertiary/aromatic N) is 1. The molecular weight excluding hydrogens is 116 g/mol. The Bertz CT molecular complexity index is 166. The van der Waals surface area contributed by atoms with Gasteiger partial charge in [-0.1, -0.05) is 0 Å². The number of nitrogens with one attached hydrogen (secondary N) is 1. The van der Waals surface area contributed by atoms with Crippen LogP contribution < -0.4 is 4.83 Å². The van der Waals surface area contributed by atoms with E-state index in [1.807, 2.05) is 4.83 Å². The molecule has 0 bridgehead atoms. The van der Waals surface area contributed by atoms with Crippen molar-refractivity contribution >= 4 is 16.2 Å². The molecule has 0 saturated carbocycles. The minimum absolute atomic E-state index is 0.0208. The van der Waals surface area contributed by atoms with Crippen LogP contribution in [-0.2, 0) is 10.0 Å². The summed E-state index contributed by atoms with van der Waals surface area (Å²) in [5, 5.41) is 3.27. The summed E-state index contributed by atoms with van der Waals surface area (Å²) in [7, 11) is -3.02. The van der Waals surface area contributed by atoms with Crippen LogP contribution in [0.25, 0.3) is 0 Å². The monoisotopic (exact) mass is 120 g/mol. The summed E-state index contributed by atoms with van der Waals surface area (Å²) in [4.78, 5) is 1.94. The molecule has 5 heteroatoms. The van der Waals surface area contributed by atoms with Crippen LogP contribution in [0.4, 0.5) is 0 Å². The first-order valence-electron chi connectivity index (χ1n) is 1.72. The highest BCUT2D eigenvalue weighted by molar-refractivity contribution is 7.90. The van der Waals surface area contributed by atoms with Crippen LogP contribution in [-0.4, -0.2) is 20.4 Å². The lowest BCUT2D eigenvalue weighted by molar-refractivity contribution is 0.592. The van der Waals surface area contributed by atoms with Crippen molar-refractivity contribution in [2.45, 2.75) is 0 Å². The molecule has 1 N–H and O–H groups in total. The molecule has 0 radical (unpaired) electrons. The maximum Gasteiger partial charge on any atom is 0.252 e. The quantitative estimate of drug-likeness (QED) is 0.441. The van der Waals surface area contributed by atoms with E-state index in [1.54, 1.807) is 0 Å². The fraction of sp³-hybridized carbons (Fsp3) is 0.500. The molecule has 0 saturated heterocycles. The lowest BCUT2D eigenvalue weighted by Gasteiger charge is -1.84.